The Morgan fingerprint density at radius 3 is 2.76 bits per heavy atom. The molecule has 0 saturated carbocycles. The predicted molar refractivity (Wildman–Crippen MR) is 92.8 cm³/mol. The van der Waals surface area contributed by atoms with E-state index in [1.165, 1.54) is 0 Å². The number of amides is 1. The maximum absolute atomic E-state index is 12.1. The molecule has 2 aliphatic rings. The lowest BCUT2D eigenvalue weighted by molar-refractivity contribution is -0.115. The molecule has 25 heavy (non-hydrogen) atoms. The van der Waals surface area contributed by atoms with Crippen molar-refractivity contribution in [2.45, 2.75) is 6.42 Å². The van der Waals surface area contributed by atoms with Gasteiger partial charge in [0.15, 0.2) is 11.5 Å². The molecule has 0 radical (unpaired) electrons. The van der Waals surface area contributed by atoms with Crippen molar-refractivity contribution in [3.05, 3.63) is 59.3 Å². The second-order valence-electron chi connectivity index (χ2n) is 5.68. The van der Waals surface area contributed by atoms with Gasteiger partial charge in [0, 0.05) is 6.42 Å². The van der Waals surface area contributed by atoms with Crippen LogP contribution in [0.1, 0.15) is 11.1 Å². The van der Waals surface area contributed by atoms with Crippen LogP contribution in [0.2, 0.25) is 0 Å². The van der Waals surface area contributed by atoms with Crippen molar-refractivity contribution in [3.63, 3.8) is 0 Å². The molecule has 0 fully saturated rings. The lowest BCUT2D eigenvalue weighted by atomic mass is 10.1. The number of nitrogens with zero attached hydrogens (tertiary/aromatic N) is 1. The molecule has 1 N–H and O–H groups in total. The van der Waals surface area contributed by atoms with Crippen LogP contribution in [0.25, 0.3) is 6.08 Å². The fourth-order valence-corrected chi connectivity index (χ4v) is 2.70. The number of nitrogens with one attached hydrogen (secondary N) is 1. The van der Waals surface area contributed by atoms with Crippen LogP contribution in [0.5, 0.6) is 17.2 Å². The summed E-state index contributed by atoms with van der Waals surface area (Å²) in [5, 5.41) is 2.81. The van der Waals surface area contributed by atoms with Crippen molar-refractivity contribution in [2.75, 3.05) is 13.9 Å². The minimum absolute atomic E-state index is 0.207. The van der Waals surface area contributed by atoms with Crippen molar-refractivity contribution in [1.82, 2.24) is 5.32 Å². The molecule has 0 aromatic heterocycles. The van der Waals surface area contributed by atoms with Gasteiger partial charge in [-0.3, -0.25) is 4.79 Å². The van der Waals surface area contributed by atoms with E-state index in [9.17, 15) is 4.79 Å². The first-order valence-corrected chi connectivity index (χ1v) is 7.84. The minimum Gasteiger partial charge on any atom is -0.497 e. The first-order valence-electron chi connectivity index (χ1n) is 7.84. The van der Waals surface area contributed by atoms with Gasteiger partial charge in [-0.15, -0.1) is 0 Å². The summed E-state index contributed by atoms with van der Waals surface area (Å²) in [6.45, 7) is 0.222. The summed E-state index contributed by atoms with van der Waals surface area (Å²) in [6, 6.07) is 13.2. The van der Waals surface area contributed by atoms with Crippen molar-refractivity contribution in [3.8, 4) is 17.2 Å². The number of rotatable bonds is 4. The molecule has 4 rings (SSSR count). The van der Waals surface area contributed by atoms with Crippen LogP contribution >= 0.6 is 0 Å². The average molecular weight is 336 g/mol. The van der Waals surface area contributed by atoms with E-state index < -0.39 is 0 Å². The standard InChI is InChI=1S/C19H16N2O4/c1-23-14-5-2-12(3-6-14)10-18-20-15(19(22)21-18)8-13-4-7-16-17(9-13)25-11-24-16/h2-9H,10-11H2,1H3,(H,20,21,22)/b15-8+. The molecule has 2 aliphatic heterocycles. The number of carbonyl (C=O) groups is 1. The largest absolute Gasteiger partial charge is 0.497 e. The maximum atomic E-state index is 12.1. The number of carbonyl (C=O) groups excluding carboxylic acids is 1. The Labute approximate surface area is 144 Å². The highest BCUT2D eigenvalue weighted by Crippen LogP contribution is 2.33. The Bertz CT molecular complexity index is 885. The molecular weight excluding hydrogens is 320 g/mol. The van der Waals surface area contributed by atoms with Gasteiger partial charge in [0.25, 0.3) is 5.91 Å². The molecule has 0 unspecified atom stereocenters. The van der Waals surface area contributed by atoms with E-state index in [1.54, 1.807) is 13.2 Å². The molecule has 2 aromatic carbocycles. The summed E-state index contributed by atoms with van der Waals surface area (Å²) in [4.78, 5) is 16.6. The van der Waals surface area contributed by atoms with Gasteiger partial charge in [0.05, 0.1) is 7.11 Å². The highest BCUT2D eigenvalue weighted by molar-refractivity contribution is 6.14. The molecule has 0 aliphatic carbocycles. The van der Waals surface area contributed by atoms with Crippen LogP contribution < -0.4 is 19.5 Å². The fourth-order valence-electron chi connectivity index (χ4n) is 2.70. The third-order valence-electron chi connectivity index (χ3n) is 3.98. The first kappa shape index (κ1) is 15.3. The van der Waals surface area contributed by atoms with Crippen molar-refractivity contribution in [1.29, 1.82) is 0 Å². The molecule has 6 nitrogen and oxygen atoms in total. The van der Waals surface area contributed by atoms with E-state index >= 15 is 0 Å². The number of benzene rings is 2. The van der Waals surface area contributed by atoms with E-state index in [2.05, 4.69) is 10.3 Å². The maximum Gasteiger partial charge on any atom is 0.275 e. The third-order valence-corrected chi connectivity index (χ3v) is 3.98. The van der Waals surface area contributed by atoms with Gasteiger partial charge in [0.2, 0.25) is 6.79 Å². The molecule has 2 aromatic rings. The Morgan fingerprint density at radius 2 is 1.96 bits per heavy atom. The normalized spacial score (nSPS) is 16.8. The van der Waals surface area contributed by atoms with Gasteiger partial charge in [-0.05, 0) is 41.5 Å². The van der Waals surface area contributed by atoms with E-state index in [-0.39, 0.29) is 12.7 Å². The highest BCUT2D eigenvalue weighted by Gasteiger charge is 2.20. The summed E-state index contributed by atoms with van der Waals surface area (Å²) in [6.07, 6.45) is 2.28. The SMILES string of the molecule is COc1ccc(CC2=N/C(=C/c3ccc4c(c3)OCO4)C(=O)N2)cc1. The quantitative estimate of drug-likeness (QED) is 0.871. The van der Waals surface area contributed by atoms with Crippen molar-refractivity contribution in [2.24, 2.45) is 4.99 Å². The third kappa shape index (κ3) is 3.19. The zero-order chi connectivity index (χ0) is 17.2. The number of hydrogen-bond acceptors (Lipinski definition) is 5. The number of fused-ring (bicyclic) bond motifs is 1. The first-order chi connectivity index (χ1) is 12.2. The lowest BCUT2D eigenvalue weighted by Crippen LogP contribution is -2.25. The van der Waals surface area contributed by atoms with E-state index in [0.717, 1.165) is 16.9 Å². The van der Waals surface area contributed by atoms with Crippen LogP contribution in [0.15, 0.2) is 53.2 Å². The van der Waals surface area contributed by atoms with E-state index in [4.69, 9.17) is 14.2 Å². The van der Waals surface area contributed by atoms with Gasteiger partial charge < -0.3 is 19.5 Å². The Balaban J connectivity index is 1.53. The van der Waals surface area contributed by atoms with E-state index in [0.29, 0.717) is 29.5 Å². The zero-order valence-corrected chi connectivity index (χ0v) is 13.6. The number of ether oxygens (including phenoxy) is 3. The average Bonchev–Trinajstić information content (AvgIpc) is 3.22. The molecule has 6 heteroatoms. The number of methoxy groups -OCH3 is 1. The summed E-state index contributed by atoms with van der Waals surface area (Å²) in [5.41, 5.74) is 2.26. The fraction of sp³-hybridized carbons (Fsp3) is 0.158. The van der Waals surface area contributed by atoms with Crippen molar-refractivity contribution < 1.29 is 19.0 Å². The zero-order valence-electron chi connectivity index (χ0n) is 13.6. The topological polar surface area (TPSA) is 69.1 Å². The summed E-state index contributed by atoms with van der Waals surface area (Å²) in [7, 11) is 1.63. The van der Waals surface area contributed by atoms with Crippen LogP contribution in [0.4, 0.5) is 0 Å². The van der Waals surface area contributed by atoms with E-state index in [1.807, 2.05) is 42.5 Å². The number of aliphatic imine (C=N–C) groups is 1. The highest BCUT2D eigenvalue weighted by atomic mass is 16.7. The summed E-state index contributed by atoms with van der Waals surface area (Å²) < 4.78 is 15.8. The monoisotopic (exact) mass is 336 g/mol. The second kappa shape index (κ2) is 6.32. The van der Waals surface area contributed by atoms with Gasteiger partial charge in [-0.25, -0.2) is 4.99 Å². The molecule has 0 bridgehead atoms. The van der Waals surface area contributed by atoms with Gasteiger partial charge in [0.1, 0.15) is 17.3 Å². The second-order valence-corrected chi connectivity index (χ2v) is 5.68. The molecule has 0 atom stereocenters. The van der Waals surface area contributed by atoms with Crippen LogP contribution in [0, 0.1) is 0 Å². The molecular formula is C19H16N2O4. The van der Waals surface area contributed by atoms with Crippen molar-refractivity contribution >= 4 is 17.8 Å². The molecule has 126 valence electrons. The molecule has 0 saturated heterocycles. The number of amidine groups is 1. The lowest BCUT2D eigenvalue weighted by Gasteiger charge is -2.03. The Morgan fingerprint density at radius 1 is 1.16 bits per heavy atom. The summed E-state index contributed by atoms with van der Waals surface area (Å²) >= 11 is 0. The Kier molecular flexibility index (Phi) is 3.85. The van der Waals surface area contributed by atoms with Crippen LogP contribution in [0.3, 0.4) is 0 Å². The number of hydrogen-bond donors (Lipinski definition) is 1. The molecule has 0 spiro atoms. The van der Waals surface area contributed by atoms with Gasteiger partial charge >= 0.3 is 0 Å². The van der Waals surface area contributed by atoms with Gasteiger partial charge in [-0.1, -0.05) is 18.2 Å². The predicted octanol–water partition coefficient (Wildman–Crippen LogP) is 2.54. The minimum atomic E-state index is -0.207. The van der Waals surface area contributed by atoms with Crippen LogP contribution in [-0.2, 0) is 11.2 Å². The van der Waals surface area contributed by atoms with Gasteiger partial charge in [-0.2, -0.15) is 0 Å². The van der Waals surface area contributed by atoms with Crippen LogP contribution in [-0.4, -0.2) is 25.6 Å². The smallest absolute Gasteiger partial charge is 0.275 e. The summed E-state index contributed by atoms with van der Waals surface area (Å²) in [5.74, 6) is 2.60. The Hall–Kier alpha value is -3.28. The molecule has 1 amide bonds. The molecule has 2 heterocycles.